The zero-order chi connectivity index (χ0) is 8.74. The maximum absolute atomic E-state index is 3.77. The SMILES string of the molecule is C=CCCC(CC)(CC)CC. The molecule has 0 saturated heterocycles. The monoisotopic (exact) mass is 154 g/mol. The number of hydrogen-bond acceptors (Lipinski definition) is 0. The van der Waals surface area contributed by atoms with Crippen LogP contribution < -0.4 is 0 Å². The molecule has 0 nitrogen and oxygen atoms in total. The Morgan fingerprint density at radius 1 is 1.09 bits per heavy atom. The first-order valence-corrected chi connectivity index (χ1v) is 4.85. The minimum Gasteiger partial charge on any atom is -0.103 e. The molecule has 0 radical (unpaired) electrons. The summed E-state index contributed by atoms with van der Waals surface area (Å²) in [7, 11) is 0. The fourth-order valence-electron chi connectivity index (χ4n) is 1.69. The lowest BCUT2D eigenvalue weighted by molar-refractivity contribution is 0.231. The normalized spacial score (nSPS) is 11.5. The molecule has 0 heteroatoms. The van der Waals surface area contributed by atoms with E-state index in [2.05, 4.69) is 27.4 Å². The van der Waals surface area contributed by atoms with Crippen LogP contribution in [-0.4, -0.2) is 0 Å². The van der Waals surface area contributed by atoms with Gasteiger partial charge in [-0.25, -0.2) is 0 Å². The molecule has 66 valence electrons. The van der Waals surface area contributed by atoms with Gasteiger partial charge in [-0.15, -0.1) is 6.58 Å². The molecule has 0 aliphatic heterocycles. The van der Waals surface area contributed by atoms with E-state index in [1.165, 1.54) is 32.1 Å². The summed E-state index contributed by atoms with van der Waals surface area (Å²) in [4.78, 5) is 0. The third kappa shape index (κ3) is 3.09. The zero-order valence-corrected chi connectivity index (χ0v) is 8.32. The summed E-state index contributed by atoms with van der Waals surface area (Å²) in [5.74, 6) is 0. The Morgan fingerprint density at radius 2 is 1.55 bits per heavy atom. The van der Waals surface area contributed by atoms with E-state index in [-0.39, 0.29) is 0 Å². The van der Waals surface area contributed by atoms with Crippen molar-refractivity contribution in [1.29, 1.82) is 0 Å². The molecule has 0 saturated carbocycles. The Bertz CT molecular complexity index is 90.3. The van der Waals surface area contributed by atoms with Gasteiger partial charge in [0.1, 0.15) is 0 Å². The van der Waals surface area contributed by atoms with Crippen LogP contribution in [0, 0.1) is 5.41 Å². The predicted octanol–water partition coefficient (Wildman–Crippen LogP) is 4.17. The molecule has 0 fully saturated rings. The Kier molecular flexibility index (Phi) is 5.27. The van der Waals surface area contributed by atoms with Crippen LogP contribution in [-0.2, 0) is 0 Å². The van der Waals surface area contributed by atoms with Gasteiger partial charge in [-0.05, 0) is 18.3 Å². The first-order valence-electron chi connectivity index (χ1n) is 4.85. The second kappa shape index (κ2) is 5.40. The molecule has 0 N–H and O–H groups in total. The van der Waals surface area contributed by atoms with Crippen molar-refractivity contribution in [2.75, 3.05) is 0 Å². The van der Waals surface area contributed by atoms with Crippen LogP contribution >= 0.6 is 0 Å². The third-order valence-electron chi connectivity index (χ3n) is 3.13. The van der Waals surface area contributed by atoms with Gasteiger partial charge in [0.05, 0.1) is 0 Å². The predicted molar refractivity (Wildman–Crippen MR) is 52.7 cm³/mol. The Hall–Kier alpha value is -0.260. The first-order chi connectivity index (χ1) is 5.24. The van der Waals surface area contributed by atoms with Crippen molar-refractivity contribution in [3.05, 3.63) is 12.7 Å². The van der Waals surface area contributed by atoms with Gasteiger partial charge in [-0.3, -0.25) is 0 Å². The van der Waals surface area contributed by atoms with Gasteiger partial charge in [0, 0.05) is 0 Å². The van der Waals surface area contributed by atoms with E-state index in [9.17, 15) is 0 Å². The van der Waals surface area contributed by atoms with E-state index < -0.39 is 0 Å². The summed E-state index contributed by atoms with van der Waals surface area (Å²) in [6, 6.07) is 0. The van der Waals surface area contributed by atoms with E-state index in [0.717, 1.165) is 0 Å². The molecular formula is C11H22. The summed E-state index contributed by atoms with van der Waals surface area (Å²) < 4.78 is 0. The highest BCUT2D eigenvalue weighted by Crippen LogP contribution is 2.35. The van der Waals surface area contributed by atoms with Crippen LogP contribution in [0.3, 0.4) is 0 Å². The average Bonchev–Trinajstić information content (AvgIpc) is 2.08. The van der Waals surface area contributed by atoms with E-state index in [1.54, 1.807) is 0 Å². The van der Waals surface area contributed by atoms with Crippen LogP contribution in [0.4, 0.5) is 0 Å². The van der Waals surface area contributed by atoms with Crippen molar-refractivity contribution in [2.24, 2.45) is 5.41 Å². The highest BCUT2D eigenvalue weighted by molar-refractivity contribution is 4.79. The van der Waals surface area contributed by atoms with Crippen LogP contribution in [0.25, 0.3) is 0 Å². The smallest absolute Gasteiger partial charge is 0.0302 e. The van der Waals surface area contributed by atoms with Crippen molar-refractivity contribution in [2.45, 2.75) is 52.9 Å². The van der Waals surface area contributed by atoms with E-state index in [0.29, 0.717) is 5.41 Å². The molecule has 0 aromatic rings. The van der Waals surface area contributed by atoms with Crippen molar-refractivity contribution >= 4 is 0 Å². The van der Waals surface area contributed by atoms with Crippen LogP contribution in [0.15, 0.2) is 12.7 Å². The molecule has 0 spiro atoms. The summed E-state index contributed by atoms with van der Waals surface area (Å²) in [5.41, 5.74) is 0.605. The first kappa shape index (κ1) is 10.7. The minimum absolute atomic E-state index is 0.605. The molecule has 0 rings (SSSR count). The third-order valence-corrected chi connectivity index (χ3v) is 3.13. The highest BCUT2D eigenvalue weighted by atomic mass is 14.3. The second-order valence-corrected chi connectivity index (χ2v) is 3.39. The van der Waals surface area contributed by atoms with Crippen molar-refractivity contribution in [1.82, 2.24) is 0 Å². The number of hydrogen-bond donors (Lipinski definition) is 0. The molecule has 0 aliphatic carbocycles. The second-order valence-electron chi connectivity index (χ2n) is 3.39. The molecule has 0 aromatic carbocycles. The molecule has 0 unspecified atom stereocenters. The van der Waals surface area contributed by atoms with Gasteiger partial charge in [0.15, 0.2) is 0 Å². The molecule has 0 bridgehead atoms. The van der Waals surface area contributed by atoms with Gasteiger partial charge in [0.25, 0.3) is 0 Å². The molecule has 11 heavy (non-hydrogen) atoms. The topological polar surface area (TPSA) is 0 Å². The van der Waals surface area contributed by atoms with Crippen LogP contribution in [0.5, 0.6) is 0 Å². The molecule has 0 aliphatic rings. The molecule has 0 aromatic heterocycles. The van der Waals surface area contributed by atoms with Crippen LogP contribution in [0.1, 0.15) is 52.9 Å². The van der Waals surface area contributed by atoms with Gasteiger partial charge in [0.2, 0.25) is 0 Å². The summed E-state index contributed by atoms with van der Waals surface area (Å²) in [6.07, 6.45) is 8.47. The van der Waals surface area contributed by atoms with Gasteiger partial charge < -0.3 is 0 Å². The molecule has 0 heterocycles. The average molecular weight is 154 g/mol. The van der Waals surface area contributed by atoms with Crippen molar-refractivity contribution < 1.29 is 0 Å². The summed E-state index contributed by atoms with van der Waals surface area (Å²) >= 11 is 0. The largest absolute Gasteiger partial charge is 0.103 e. The maximum Gasteiger partial charge on any atom is -0.0302 e. The lowest BCUT2D eigenvalue weighted by atomic mass is 9.76. The van der Waals surface area contributed by atoms with Crippen LogP contribution in [0.2, 0.25) is 0 Å². The van der Waals surface area contributed by atoms with E-state index in [1.807, 2.05) is 6.08 Å². The van der Waals surface area contributed by atoms with Gasteiger partial charge in [-0.1, -0.05) is 46.1 Å². The lowest BCUT2D eigenvalue weighted by Crippen LogP contribution is -2.16. The van der Waals surface area contributed by atoms with Gasteiger partial charge >= 0.3 is 0 Å². The molecular weight excluding hydrogens is 132 g/mol. The van der Waals surface area contributed by atoms with Crippen molar-refractivity contribution in [3.8, 4) is 0 Å². The number of rotatable bonds is 6. The van der Waals surface area contributed by atoms with Crippen molar-refractivity contribution in [3.63, 3.8) is 0 Å². The highest BCUT2D eigenvalue weighted by Gasteiger charge is 2.21. The Balaban J connectivity index is 3.93. The summed E-state index contributed by atoms with van der Waals surface area (Å²) in [5, 5.41) is 0. The Morgan fingerprint density at radius 3 is 1.82 bits per heavy atom. The fourth-order valence-corrected chi connectivity index (χ4v) is 1.69. The maximum atomic E-state index is 3.77. The van der Waals surface area contributed by atoms with E-state index >= 15 is 0 Å². The summed E-state index contributed by atoms with van der Waals surface area (Å²) in [6.45, 7) is 10.7. The number of allylic oxidation sites excluding steroid dienone is 1. The standard InChI is InChI=1S/C11H22/c1-5-9-10-11(6-2,7-3)8-4/h5H,1,6-10H2,2-4H3. The fraction of sp³-hybridized carbons (Fsp3) is 0.818. The Labute approximate surface area is 71.7 Å². The lowest BCUT2D eigenvalue weighted by Gasteiger charge is -2.29. The van der Waals surface area contributed by atoms with Gasteiger partial charge in [-0.2, -0.15) is 0 Å². The minimum atomic E-state index is 0.605. The molecule has 0 atom stereocenters. The van der Waals surface area contributed by atoms with E-state index in [4.69, 9.17) is 0 Å². The quantitative estimate of drug-likeness (QED) is 0.504. The molecule has 0 amide bonds. The zero-order valence-electron chi connectivity index (χ0n) is 8.32.